The maximum absolute atomic E-state index is 15.0. The number of hydrogen-bond acceptors (Lipinski definition) is 6. The molecule has 3 aliphatic rings. The minimum Gasteiger partial charge on any atom is -0.477 e. The Labute approximate surface area is 227 Å². The van der Waals surface area contributed by atoms with E-state index in [0.717, 1.165) is 54.0 Å². The fourth-order valence-electron chi connectivity index (χ4n) is 6.43. The number of fused-ring (bicyclic) bond motifs is 4. The van der Waals surface area contributed by atoms with Crippen molar-refractivity contribution in [2.45, 2.75) is 25.3 Å². The lowest BCUT2D eigenvalue weighted by Crippen LogP contribution is -2.24. The molecule has 1 aliphatic heterocycles. The molecule has 1 saturated carbocycles. The molecule has 39 heavy (non-hydrogen) atoms. The molecular weight excluding hydrogens is 521 g/mol. The van der Waals surface area contributed by atoms with E-state index in [4.69, 9.17) is 22.3 Å². The summed E-state index contributed by atoms with van der Waals surface area (Å²) < 4.78 is 16.4. The SMILES string of the molecule is CNc1cc(F)c(Cl)c2c1Cc1ncc(-c3ccc4ccc(C(=O)O)c(=O)n4c3)c(N3CC[C@@]4(C[C@@H]4N)C3)c1-2. The number of nitrogens with one attached hydrogen (secondary N) is 1. The van der Waals surface area contributed by atoms with Crippen molar-refractivity contribution in [3.05, 3.63) is 80.7 Å². The number of pyridine rings is 3. The van der Waals surface area contributed by atoms with Gasteiger partial charge in [0.05, 0.1) is 16.4 Å². The molecule has 2 fully saturated rings. The Hall–Kier alpha value is -3.95. The van der Waals surface area contributed by atoms with E-state index < -0.39 is 17.3 Å². The molecule has 3 aromatic heterocycles. The Morgan fingerprint density at radius 1 is 1.28 bits per heavy atom. The van der Waals surface area contributed by atoms with Gasteiger partial charge in [0.1, 0.15) is 11.4 Å². The molecule has 0 bridgehead atoms. The van der Waals surface area contributed by atoms with Crippen LogP contribution < -0.4 is 21.5 Å². The molecule has 7 rings (SSSR count). The number of halogens is 2. The number of carboxylic acid groups (broad SMARTS) is 1. The van der Waals surface area contributed by atoms with Crippen molar-refractivity contribution >= 4 is 34.5 Å². The number of nitrogens with two attached hydrogens (primary N) is 1. The summed E-state index contributed by atoms with van der Waals surface area (Å²) in [4.78, 5) is 31.7. The van der Waals surface area contributed by atoms with Crippen molar-refractivity contribution in [3.8, 4) is 22.3 Å². The Morgan fingerprint density at radius 3 is 2.74 bits per heavy atom. The third-order valence-electron chi connectivity index (χ3n) is 8.67. The van der Waals surface area contributed by atoms with Crippen molar-refractivity contribution in [1.82, 2.24) is 9.38 Å². The van der Waals surface area contributed by atoms with E-state index in [-0.39, 0.29) is 22.0 Å². The van der Waals surface area contributed by atoms with Crippen LogP contribution >= 0.6 is 11.6 Å². The Balaban J connectivity index is 1.50. The van der Waals surface area contributed by atoms with Crippen molar-refractivity contribution < 1.29 is 14.3 Å². The molecule has 0 amide bonds. The number of carbonyl (C=O) groups is 1. The molecule has 0 radical (unpaired) electrons. The number of rotatable bonds is 4. The molecule has 4 N–H and O–H groups in total. The third kappa shape index (κ3) is 3.43. The Kier molecular flexibility index (Phi) is 5.12. The summed E-state index contributed by atoms with van der Waals surface area (Å²) in [5.41, 5.74) is 12.2. The molecule has 2 atom stereocenters. The average molecular weight is 546 g/mol. The van der Waals surface area contributed by atoms with Crippen molar-refractivity contribution in [1.29, 1.82) is 0 Å². The zero-order valence-electron chi connectivity index (χ0n) is 21.1. The van der Waals surface area contributed by atoms with Gasteiger partial charge in [-0.05, 0) is 42.7 Å². The molecule has 4 heterocycles. The number of carboxylic acids is 1. The van der Waals surface area contributed by atoms with Crippen molar-refractivity contribution in [2.75, 3.05) is 30.4 Å². The third-order valence-corrected chi connectivity index (χ3v) is 9.04. The Morgan fingerprint density at radius 2 is 2.05 bits per heavy atom. The predicted octanol–water partition coefficient (Wildman–Crippen LogP) is 4.39. The van der Waals surface area contributed by atoms with Gasteiger partial charge < -0.3 is 21.1 Å². The van der Waals surface area contributed by atoms with Gasteiger partial charge in [-0.3, -0.25) is 14.2 Å². The fraction of sp³-hybridized carbons (Fsp3) is 0.276. The first-order valence-electron chi connectivity index (χ1n) is 12.8. The summed E-state index contributed by atoms with van der Waals surface area (Å²) in [5, 5.41) is 12.6. The number of aromatic nitrogens is 2. The summed E-state index contributed by atoms with van der Waals surface area (Å²) in [6.07, 6.45) is 5.86. The highest BCUT2D eigenvalue weighted by molar-refractivity contribution is 6.34. The lowest BCUT2D eigenvalue weighted by Gasteiger charge is -2.26. The lowest BCUT2D eigenvalue weighted by molar-refractivity contribution is 0.0694. The van der Waals surface area contributed by atoms with Gasteiger partial charge in [-0.2, -0.15) is 0 Å². The van der Waals surface area contributed by atoms with Crippen LogP contribution in [0, 0.1) is 11.2 Å². The average Bonchev–Trinajstić information content (AvgIpc) is 3.23. The molecule has 1 aromatic carbocycles. The van der Waals surface area contributed by atoms with Crippen LogP contribution in [-0.2, 0) is 6.42 Å². The monoisotopic (exact) mass is 545 g/mol. The van der Waals surface area contributed by atoms with E-state index in [1.165, 1.54) is 16.5 Å². The minimum atomic E-state index is -1.28. The largest absolute Gasteiger partial charge is 0.477 e. The van der Waals surface area contributed by atoms with E-state index in [2.05, 4.69) is 10.2 Å². The van der Waals surface area contributed by atoms with Crippen LogP contribution in [0.2, 0.25) is 5.02 Å². The van der Waals surface area contributed by atoms with Gasteiger partial charge in [0, 0.05) is 83.9 Å². The van der Waals surface area contributed by atoms with E-state index in [1.807, 2.05) is 6.07 Å². The van der Waals surface area contributed by atoms with Crippen LogP contribution in [0.15, 0.2) is 47.5 Å². The zero-order chi connectivity index (χ0) is 27.2. The maximum atomic E-state index is 15.0. The molecule has 198 valence electrons. The van der Waals surface area contributed by atoms with Gasteiger partial charge in [-0.25, -0.2) is 9.18 Å². The van der Waals surface area contributed by atoms with Crippen molar-refractivity contribution in [2.24, 2.45) is 11.1 Å². The van der Waals surface area contributed by atoms with Gasteiger partial charge >= 0.3 is 5.97 Å². The lowest BCUT2D eigenvalue weighted by atomic mass is 9.97. The van der Waals surface area contributed by atoms with Crippen molar-refractivity contribution in [3.63, 3.8) is 0 Å². The first-order chi connectivity index (χ1) is 18.7. The van der Waals surface area contributed by atoms with Gasteiger partial charge in [-0.1, -0.05) is 17.7 Å². The van der Waals surface area contributed by atoms with Crippen LogP contribution in [0.4, 0.5) is 15.8 Å². The topological polar surface area (TPSA) is 113 Å². The highest BCUT2D eigenvalue weighted by Gasteiger charge is 2.56. The molecule has 0 unspecified atom stereocenters. The molecule has 8 nitrogen and oxygen atoms in total. The summed E-state index contributed by atoms with van der Waals surface area (Å²) in [7, 11) is 1.75. The summed E-state index contributed by atoms with van der Waals surface area (Å²) in [6, 6.07) is 8.15. The quantitative estimate of drug-likeness (QED) is 0.307. The Bertz CT molecular complexity index is 1800. The second kappa shape index (κ2) is 8.27. The minimum absolute atomic E-state index is 0.0563. The summed E-state index contributed by atoms with van der Waals surface area (Å²) >= 11 is 6.64. The molecular formula is C29H25ClFN5O3. The second-order valence-electron chi connectivity index (χ2n) is 10.8. The van der Waals surface area contributed by atoms with E-state index in [0.29, 0.717) is 28.8 Å². The van der Waals surface area contributed by atoms with E-state index in [9.17, 15) is 14.7 Å². The van der Waals surface area contributed by atoms with Gasteiger partial charge in [0.15, 0.2) is 0 Å². The first-order valence-corrected chi connectivity index (χ1v) is 13.2. The number of nitrogens with zero attached hydrogens (tertiary/aromatic N) is 3. The predicted molar refractivity (Wildman–Crippen MR) is 148 cm³/mol. The highest BCUT2D eigenvalue weighted by Crippen LogP contribution is 2.57. The normalized spacial score (nSPS) is 20.9. The van der Waals surface area contributed by atoms with Crippen LogP contribution in [0.3, 0.4) is 0 Å². The number of hydrogen-bond donors (Lipinski definition) is 3. The standard InChI is InChI=1S/C29H25ClFN5O3/c1-33-20-9-19(31)25(30)23-17(20)8-21-24(23)26(35-7-6-29(13-35)10-22(29)32)18(11-34-21)14-2-3-15-4-5-16(28(38)39)27(37)36(15)12-14/h2-5,9,11-12,22,33H,6-8,10,13,32H2,1H3,(H,38,39)/t22-,29+/m0/s1. The van der Waals surface area contributed by atoms with Gasteiger partial charge in [0.25, 0.3) is 5.56 Å². The smallest absolute Gasteiger partial charge is 0.341 e. The van der Waals surface area contributed by atoms with Gasteiger partial charge in [0.2, 0.25) is 0 Å². The molecule has 10 heteroatoms. The highest BCUT2D eigenvalue weighted by atomic mass is 35.5. The maximum Gasteiger partial charge on any atom is 0.341 e. The van der Waals surface area contributed by atoms with Crippen LogP contribution in [0.1, 0.15) is 34.5 Å². The van der Waals surface area contributed by atoms with E-state index in [1.54, 1.807) is 31.6 Å². The zero-order valence-corrected chi connectivity index (χ0v) is 21.8. The number of benzene rings is 1. The van der Waals surface area contributed by atoms with Crippen LogP contribution in [0.5, 0.6) is 0 Å². The molecule has 1 saturated heterocycles. The van der Waals surface area contributed by atoms with Crippen LogP contribution in [0.25, 0.3) is 27.8 Å². The summed E-state index contributed by atoms with van der Waals surface area (Å²) in [6.45, 7) is 1.53. The summed E-state index contributed by atoms with van der Waals surface area (Å²) in [5.74, 6) is -1.79. The van der Waals surface area contributed by atoms with Gasteiger partial charge in [-0.15, -0.1) is 0 Å². The molecule has 1 spiro atoms. The molecule has 4 aromatic rings. The second-order valence-corrected chi connectivity index (χ2v) is 11.1. The number of anilines is 2. The first kappa shape index (κ1) is 24.1. The number of aromatic carboxylic acids is 1. The van der Waals surface area contributed by atoms with E-state index >= 15 is 4.39 Å². The molecule has 2 aliphatic carbocycles. The fourth-order valence-corrected chi connectivity index (χ4v) is 6.69. The van der Waals surface area contributed by atoms with Crippen LogP contribution in [-0.4, -0.2) is 46.6 Å².